The summed E-state index contributed by atoms with van der Waals surface area (Å²) in [5.41, 5.74) is 0. The molecule has 0 unspecified atom stereocenters. The molecule has 1 heterocycles. The van der Waals surface area contributed by atoms with Gasteiger partial charge in [-0.05, 0) is 19.3 Å². The van der Waals surface area contributed by atoms with Crippen LogP contribution in [0.3, 0.4) is 0 Å². The topological polar surface area (TPSA) is 96.0 Å². The molecule has 1 aliphatic rings. The first-order chi connectivity index (χ1) is 12.2. The number of unbranched alkanes of at least 4 members (excludes halogenated alkanes) is 2. The molecule has 8 heteroatoms. The summed E-state index contributed by atoms with van der Waals surface area (Å²) in [4.78, 5) is 23.7. The van der Waals surface area contributed by atoms with E-state index >= 15 is 0 Å². The number of carbonyl (C=O) groups is 2. The fraction of sp³-hybridized carbons (Fsp3) is 0.765. The van der Waals surface area contributed by atoms with Crippen LogP contribution >= 0.6 is 11.3 Å². The van der Waals surface area contributed by atoms with Crippen molar-refractivity contribution >= 4 is 28.4 Å². The number of urea groups is 1. The van der Waals surface area contributed by atoms with Gasteiger partial charge in [-0.15, -0.1) is 10.2 Å². The Labute approximate surface area is 153 Å². The third kappa shape index (κ3) is 7.81. The second kappa shape index (κ2) is 11.0. The molecule has 0 aromatic carbocycles. The number of aromatic nitrogens is 2. The maximum atomic E-state index is 11.9. The molecule has 1 aliphatic carbocycles. The molecule has 7 nitrogen and oxygen atoms in total. The first-order valence-electron chi connectivity index (χ1n) is 9.34. The van der Waals surface area contributed by atoms with Gasteiger partial charge in [-0.3, -0.25) is 4.79 Å². The van der Waals surface area contributed by atoms with Crippen molar-refractivity contribution in [3.63, 3.8) is 0 Å². The summed E-state index contributed by atoms with van der Waals surface area (Å²) in [6.45, 7) is 2.47. The van der Waals surface area contributed by atoms with Gasteiger partial charge in [-0.2, -0.15) is 0 Å². The van der Waals surface area contributed by atoms with Gasteiger partial charge in [0, 0.05) is 25.4 Å². The molecule has 0 atom stereocenters. The lowest BCUT2D eigenvalue weighted by Crippen LogP contribution is -2.43. The van der Waals surface area contributed by atoms with Crippen LogP contribution in [0.15, 0.2) is 0 Å². The second-order valence-electron chi connectivity index (χ2n) is 6.49. The maximum absolute atomic E-state index is 11.9. The second-order valence-corrected chi connectivity index (χ2v) is 7.55. The fourth-order valence-electron chi connectivity index (χ4n) is 2.89. The minimum absolute atomic E-state index is 0.158. The lowest BCUT2D eigenvalue weighted by atomic mass is 9.96. The van der Waals surface area contributed by atoms with E-state index in [-0.39, 0.29) is 24.4 Å². The summed E-state index contributed by atoms with van der Waals surface area (Å²) in [6.07, 6.45) is 10.3. The molecule has 3 N–H and O–H groups in total. The Hall–Kier alpha value is -1.70. The van der Waals surface area contributed by atoms with Crippen molar-refractivity contribution in [3.05, 3.63) is 5.01 Å². The maximum Gasteiger partial charge on any atom is 0.315 e. The van der Waals surface area contributed by atoms with Crippen LogP contribution < -0.4 is 16.0 Å². The molecule has 2 rings (SSSR count). The molecular formula is C17H29N5O2S. The van der Waals surface area contributed by atoms with Crippen molar-refractivity contribution in [2.45, 2.75) is 77.2 Å². The Morgan fingerprint density at radius 2 is 1.96 bits per heavy atom. The Kier molecular flexibility index (Phi) is 8.65. The Bertz CT molecular complexity index is 543. The predicted molar refractivity (Wildman–Crippen MR) is 99.8 cm³/mol. The van der Waals surface area contributed by atoms with Crippen LogP contribution in [-0.4, -0.2) is 34.7 Å². The highest BCUT2D eigenvalue weighted by Gasteiger charge is 2.15. The van der Waals surface area contributed by atoms with Crippen LogP contribution in [0.5, 0.6) is 0 Å². The summed E-state index contributed by atoms with van der Waals surface area (Å²) in [6, 6.07) is 0.0870. The highest BCUT2D eigenvalue weighted by atomic mass is 32.1. The van der Waals surface area contributed by atoms with Crippen molar-refractivity contribution in [1.82, 2.24) is 20.8 Å². The largest absolute Gasteiger partial charge is 0.338 e. The Morgan fingerprint density at radius 3 is 2.72 bits per heavy atom. The molecule has 140 valence electrons. The molecule has 0 aliphatic heterocycles. The van der Waals surface area contributed by atoms with Crippen LogP contribution in [-0.2, 0) is 11.2 Å². The van der Waals surface area contributed by atoms with E-state index in [0.717, 1.165) is 30.7 Å². The number of hydrogen-bond acceptors (Lipinski definition) is 5. The smallest absolute Gasteiger partial charge is 0.315 e. The standard InChI is InChI=1S/C17H29N5O2S/c1-2-3-5-10-15-21-22-17(25-15)20-14(23)11-12-18-16(24)19-13-8-6-4-7-9-13/h13H,2-12H2,1H3,(H2,18,19,24)(H,20,22,23). The van der Waals surface area contributed by atoms with Gasteiger partial charge in [0.05, 0.1) is 0 Å². The van der Waals surface area contributed by atoms with Gasteiger partial charge in [0.2, 0.25) is 11.0 Å². The van der Waals surface area contributed by atoms with Gasteiger partial charge < -0.3 is 16.0 Å². The summed E-state index contributed by atoms with van der Waals surface area (Å²) >= 11 is 1.42. The number of nitrogens with zero attached hydrogens (tertiary/aromatic N) is 2. The molecule has 3 amide bonds. The molecule has 0 spiro atoms. The van der Waals surface area contributed by atoms with Crippen LogP contribution in [0.4, 0.5) is 9.93 Å². The molecule has 1 saturated carbocycles. The molecule has 0 bridgehead atoms. The van der Waals surface area contributed by atoms with E-state index in [1.165, 1.54) is 43.4 Å². The number of rotatable bonds is 9. The summed E-state index contributed by atoms with van der Waals surface area (Å²) in [7, 11) is 0. The number of anilines is 1. The molecule has 0 radical (unpaired) electrons. The number of hydrogen-bond donors (Lipinski definition) is 3. The van der Waals surface area contributed by atoms with Gasteiger partial charge in [0.1, 0.15) is 5.01 Å². The summed E-state index contributed by atoms with van der Waals surface area (Å²) in [5, 5.41) is 18.0. The van der Waals surface area contributed by atoms with Gasteiger partial charge in [0.15, 0.2) is 0 Å². The molecule has 25 heavy (non-hydrogen) atoms. The lowest BCUT2D eigenvalue weighted by molar-refractivity contribution is -0.116. The van der Waals surface area contributed by atoms with Crippen LogP contribution in [0, 0.1) is 0 Å². The zero-order chi connectivity index (χ0) is 17.9. The van der Waals surface area contributed by atoms with E-state index in [9.17, 15) is 9.59 Å². The molecule has 1 aromatic heterocycles. The summed E-state index contributed by atoms with van der Waals surface area (Å²) < 4.78 is 0. The Morgan fingerprint density at radius 1 is 1.16 bits per heavy atom. The average Bonchev–Trinajstić information content (AvgIpc) is 3.03. The van der Waals surface area contributed by atoms with Crippen LogP contribution in [0.25, 0.3) is 0 Å². The van der Waals surface area contributed by atoms with Crippen molar-refractivity contribution in [2.75, 3.05) is 11.9 Å². The third-order valence-corrected chi connectivity index (χ3v) is 5.18. The SMILES string of the molecule is CCCCCc1nnc(NC(=O)CCNC(=O)NC2CCCCC2)s1. The quantitative estimate of drug-likeness (QED) is 0.584. The van der Waals surface area contributed by atoms with E-state index in [2.05, 4.69) is 33.1 Å². The van der Waals surface area contributed by atoms with Gasteiger partial charge in [-0.1, -0.05) is 50.4 Å². The number of amides is 3. The van der Waals surface area contributed by atoms with Gasteiger partial charge >= 0.3 is 6.03 Å². The van der Waals surface area contributed by atoms with Crippen LogP contribution in [0.1, 0.15) is 69.7 Å². The lowest BCUT2D eigenvalue weighted by Gasteiger charge is -2.22. The van der Waals surface area contributed by atoms with Crippen molar-refractivity contribution < 1.29 is 9.59 Å². The number of nitrogens with one attached hydrogen (secondary N) is 3. The normalized spacial score (nSPS) is 14.9. The van der Waals surface area contributed by atoms with Crippen molar-refractivity contribution in [2.24, 2.45) is 0 Å². The zero-order valence-electron chi connectivity index (χ0n) is 15.0. The van der Waals surface area contributed by atoms with E-state index in [0.29, 0.717) is 11.7 Å². The first-order valence-corrected chi connectivity index (χ1v) is 10.2. The highest BCUT2D eigenvalue weighted by Crippen LogP contribution is 2.18. The summed E-state index contributed by atoms with van der Waals surface area (Å²) in [5.74, 6) is -0.158. The average molecular weight is 368 g/mol. The highest BCUT2D eigenvalue weighted by molar-refractivity contribution is 7.15. The molecular weight excluding hydrogens is 338 g/mol. The van der Waals surface area contributed by atoms with Gasteiger partial charge in [-0.25, -0.2) is 4.79 Å². The predicted octanol–water partition coefficient (Wildman–Crippen LogP) is 3.23. The Balaban J connectivity index is 1.59. The van der Waals surface area contributed by atoms with Crippen molar-refractivity contribution in [1.29, 1.82) is 0 Å². The molecule has 1 fully saturated rings. The minimum Gasteiger partial charge on any atom is -0.338 e. The zero-order valence-corrected chi connectivity index (χ0v) is 15.8. The van der Waals surface area contributed by atoms with Crippen LogP contribution in [0.2, 0.25) is 0 Å². The van der Waals surface area contributed by atoms with E-state index < -0.39 is 0 Å². The monoisotopic (exact) mass is 367 g/mol. The van der Waals surface area contributed by atoms with Crippen molar-refractivity contribution in [3.8, 4) is 0 Å². The molecule has 0 saturated heterocycles. The number of carbonyl (C=O) groups excluding carboxylic acids is 2. The minimum atomic E-state index is -0.186. The molecule has 1 aromatic rings. The van der Waals surface area contributed by atoms with E-state index in [4.69, 9.17) is 0 Å². The van der Waals surface area contributed by atoms with E-state index in [1.54, 1.807) is 0 Å². The fourth-order valence-corrected chi connectivity index (χ4v) is 3.68. The first kappa shape index (κ1) is 19.6. The third-order valence-electron chi connectivity index (χ3n) is 4.29. The number of aryl methyl sites for hydroxylation is 1. The van der Waals surface area contributed by atoms with Gasteiger partial charge in [0.25, 0.3) is 0 Å². The van der Waals surface area contributed by atoms with E-state index in [1.807, 2.05) is 0 Å².